The molecule has 0 saturated carbocycles. The van der Waals surface area contributed by atoms with Gasteiger partial charge in [0.05, 0.1) is 5.92 Å². The van der Waals surface area contributed by atoms with E-state index in [1.807, 2.05) is 0 Å². The monoisotopic (exact) mass is 326 g/mol. The highest BCUT2D eigenvalue weighted by Gasteiger charge is 2.61. The van der Waals surface area contributed by atoms with E-state index in [1.165, 1.54) is 0 Å². The first kappa shape index (κ1) is 19.6. The third-order valence-corrected chi connectivity index (χ3v) is 5.10. The van der Waals surface area contributed by atoms with Crippen molar-refractivity contribution in [2.45, 2.75) is 44.2 Å². The number of hydrogen-bond acceptors (Lipinski definition) is 4. The molecule has 0 aromatic heterocycles. The highest BCUT2D eigenvalue weighted by molar-refractivity contribution is 7.54. The fourth-order valence-corrected chi connectivity index (χ4v) is 3.47. The molecule has 0 rings (SSSR count). The maximum absolute atomic E-state index is 11.7. The van der Waals surface area contributed by atoms with Gasteiger partial charge in [-0.05, 0) is 12.8 Å². The average Bonchev–Trinajstić information content (AvgIpc) is 2.30. The molecule has 0 aromatic carbocycles. The molecule has 0 bridgehead atoms. The van der Waals surface area contributed by atoms with Crippen LogP contribution in [0.25, 0.3) is 0 Å². The van der Waals surface area contributed by atoms with Gasteiger partial charge in [0.25, 0.3) is 0 Å². The lowest BCUT2D eigenvalue weighted by Crippen LogP contribution is -2.49. The van der Waals surface area contributed by atoms with Gasteiger partial charge in [0.15, 0.2) is 5.16 Å². The number of hydrogen-bond donors (Lipinski definition) is 5. The Morgan fingerprint density at radius 3 is 1.95 bits per heavy atom. The van der Waals surface area contributed by atoms with Crippen LogP contribution in [0.2, 0.25) is 0 Å². The second kappa shape index (κ2) is 7.53. The van der Waals surface area contributed by atoms with E-state index in [2.05, 4.69) is 0 Å². The zero-order valence-electron chi connectivity index (χ0n) is 11.4. The Morgan fingerprint density at radius 1 is 1.14 bits per heavy atom. The normalized spacial score (nSPS) is 16.0. The third kappa shape index (κ3) is 4.52. The predicted octanol–water partition coefficient (Wildman–Crippen LogP) is 0.743. The topological polar surface area (TPSA) is 169 Å². The molecule has 0 saturated heterocycles. The fourth-order valence-electron chi connectivity index (χ4n) is 2.18. The number of carboxylic acid groups (broad SMARTS) is 3. The fraction of sp³-hybridized carbons (Fsp3) is 0.727. The van der Waals surface area contributed by atoms with Gasteiger partial charge >= 0.3 is 25.5 Å². The molecule has 0 spiro atoms. The molecule has 0 heterocycles. The largest absolute Gasteiger partial charge is 0.481 e. The first-order valence-electron chi connectivity index (χ1n) is 6.24. The summed E-state index contributed by atoms with van der Waals surface area (Å²) in [7, 11) is -5.41. The van der Waals surface area contributed by atoms with E-state index in [4.69, 9.17) is 10.2 Å². The van der Waals surface area contributed by atoms with E-state index in [0.717, 1.165) is 0 Å². The molecule has 2 atom stereocenters. The van der Waals surface area contributed by atoms with Crippen LogP contribution in [-0.2, 0) is 18.9 Å². The summed E-state index contributed by atoms with van der Waals surface area (Å²) in [5.74, 6) is -7.00. The summed E-state index contributed by atoms with van der Waals surface area (Å²) in [6.07, 6.45) is -1.32. The smallest absolute Gasteiger partial charge is 0.343 e. The third-order valence-electron chi connectivity index (χ3n) is 3.33. The van der Waals surface area contributed by atoms with Gasteiger partial charge in [0.1, 0.15) is 0 Å². The average molecular weight is 326 g/mol. The summed E-state index contributed by atoms with van der Waals surface area (Å²) < 4.78 is 11.7. The van der Waals surface area contributed by atoms with Gasteiger partial charge in [-0.1, -0.05) is 19.8 Å². The maximum atomic E-state index is 11.7. The Labute approximate surface area is 120 Å². The van der Waals surface area contributed by atoms with Crippen molar-refractivity contribution in [3.8, 4) is 0 Å². The quantitative estimate of drug-likeness (QED) is 0.363. The number of carbonyl (C=O) groups is 3. The van der Waals surface area contributed by atoms with Gasteiger partial charge in [-0.2, -0.15) is 0 Å². The van der Waals surface area contributed by atoms with Crippen molar-refractivity contribution in [1.82, 2.24) is 0 Å². The van der Waals surface area contributed by atoms with Gasteiger partial charge in [-0.3, -0.25) is 18.9 Å². The van der Waals surface area contributed by atoms with Gasteiger partial charge in [0, 0.05) is 6.42 Å². The molecule has 9 nitrogen and oxygen atoms in total. The zero-order chi connectivity index (χ0) is 16.8. The second-order valence-electron chi connectivity index (χ2n) is 4.70. The second-order valence-corrected chi connectivity index (χ2v) is 6.59. The Balaban J connectivity index is 5.93. The standard InChI is InChI=1S/C11H19O9P/c1-2-3-4-7(9(14)15)11(10(16)17,21(18,19)20)6-5-8(12)13/h7H,2-6H2,1H3,(H,12,13)(H,14,15)(H,16,17)(H2,18,19,20). The van der Waals surface area contributed by atoms with Crippen molar-refractivity contribution in [1.29, 1.82) is 0 Å². The minimum absolute atomic E-state index is 0.249. The highest BCUT2D eigenvalue weighted by atomic mass is 31.2. The first-order valence-corrected chi connectivity index (χ1v) is 7.85. The Bertz CT molecular complexity index is 455. The summed E-state index contributed by atoms with van der Waals surface area (Å²) in [6, 6.07) is 0. The number of rotatable bonds is 10. The van der Waals surface area contributed by atoms with Crippen LogP contribution in [-0.4, -0.2) is 48.2 Å². The SMILES string of the molecule is CCCCC(C(=O)O)C(CCC(=O)O)(C(=O)O)P(=O)(O)O. The van der Waals surface area contributed by atoms with Crippen molar-refractivity contribution in [2.75, 3.05) is 0 Å². The number of aliphatic carboxylic acids is 3. The van der Waals surface area contributed by atoms with Gasteiger partial charge < -0.3 is 25.1 Å². The molecule has 5 N–H and O–H groups in total. The molecule has 0 aliphatic carbocycles. The van der Waals surface area contributed by atoms with Crippen LogP contribution in [0.15, 0.2) is 0 Å². The van der Waals surface area contributed by atoms with Crippen molar-refractivity contribution in [3.05, 3.63) is 0 Å². The number of unbranched alkanes of at least 4 members (excludes halogenated alkanes) is 1. The molecule has 2 unspecified atom stereocenters. The molecule has 0 fully saturated rings. The van der Waals surface area contributed by atoms with Crippen LogP contribution in [0.5, 0.6) is 0 Å². The van der Waals surface area contributed by atoms with Crippen LogP contribution < -0.4 is 0 Å². The van der Waals surface area contributed by atoms with Crippen molar-refractivity contribution in [3.63, 3.8) is 0 Å². The molecular weight excluding hydrogens is 307 g/mol. The minimum Gasteiger partial charge on any atom is -0.481 e. The Kier molecular flexibility index (Phi) is 7.02. The van der Waals surface area contributed by atoms with E-state index < -0.39 is 49.4 Å². The minimum atomic E-state index is -5.41. The molecule has 0 aromatic rings. The summed E-state index contributed by atoms with van der Waals surface area (Å²) in [6.45, 7) is 1.70. The van der Waals surface area contributed by atoms with Crippen LogP contribution in [0.1, 0.15) is 39.0 Å². The zero-order valence-corrected chi connectivity index (χ0v) is 12.3. The summed E-state index contributed by atoms with van der Waals surface area (Å²) in [4.78, 5) is 52.2. The van der Waals surface area contributed by atoms with Crippen molar-refractivity contribution in [2.24, 2.45) is 5.92 Å². The Morgan fingerprint density at radius 2 is 1.67 bits per heavy atom. The maximum Gasteiger partial charge on any atom is 0.343 e. The van der Waals surface area contributed by atoms with Crippen LogP contribution in [0.3, 0.4) is 0 Å². The van der Waals surface area contributed by atoms with E-state index >= 15 is 0 Å². The van der Waals surface area contributed by atoms with E-state index in [-0.39, 0.29) is 12.8 Å². The number of carboxylic acids is 3. The molecule has 0 radical (unpaired) electrons. The molecule has 10 heteroatoms. The summed E-state index contributed by atoms with van der Waals surface area (Å²) >= 11 is 0. The van der Waals surface area contributed by atoms with Crippen LogP contribution in [0.4, 0.5) is 0 Å². The van der Waals surface area contributed by atoms with E-state index in [1.54, 1.807) is 6.92 Å². The van der Waals surface area contributed by atoms with Crippen molar-refractivity contribution >= 4 is 25.5 Å². The van der Waals surface area contributed by atoms with Gasteiger partial charge in [-0.25, -0.2) is 0 Å². The summed E-state index contributed by atoms with van der Waals surface area (Å²) in [5.41, 5.74) is 0. The first-order chi connectivity index (χ1) is 9.50. The lowest BCUT2D eigenvalue weighted by Gasteiger charge is -2.34. The highest BCUT2D eigenvalue weighted by Crippen LogP contribution is 2.58. The van der Waals surface area contributed by atoms with Crippen molar-refractivity contribution < 1.29 is 44.1 Å². The molecule has 0 aliphatic rings. The van der Waals surface area contributed by atoms with E-state index in [0.29, 0.717) is 6.42 Å². The Hall–Kier alpha value is -1.44. The van der Waals surface area contributed by atoms with Gasteiger partial charge in [-0.15, -0.1) is 0 Å². The predicted molar refractivity (Wildman–Crippen MR) is 69.9 cm³/mol. The molecule has 0 aliphatic heterocycles. The molecule has 21 heavy (non-hydrogen) atoms. The van der Waals surface area contributed by atoms with Crippen LogP contribution in [0, 0.1) is 5.92 Å². The lowest BCUT2D eigenvalue weighted by atomic mass is 9.83. The molecule has 0 amide bonds. The lowest BCUT2D eigenvalue weighted by molar-refractivity contribution is -0.154. The molecule has 122 valence electrons. The van der Waals surface area contributed by atoms with Crippen LogP contribution >= 0.6 is 7.60 Å². The summed E-state index contributed by atoms with van der Waals surface area (Å²) in [5, 5.41) is 24.1. The van der Waals surface area contributed by atoms with Gasteiger partial charge in [0.2, 0.25) is 0 Å². The molecular formula is C11H19O9P. The van der Waals surface area contributed by atoms with E-state index in [9.17, 15) is 33.8 Å².